The molecule has 2 fully saturated rings. The molecular formula is C18H26F2N2. The van der Waals surface area contributed by atoms with Crippen LogP contribution in [0, 0.1) is 24.5 Å². The molecule has 1 aliphatic carbocycles. The number of hydrogen-bond acceptors (Lipinski definition) is 2. The fourth-order valence-corrected chi connectivity index (χ4v) is 4.08. The number of aryl methyl sites for hydroxylation is 1. The highest BCUT2D eigenvalue weighted by atomic mass is 19.1. The maximum absolute atomic E-state index is 14.7. The van der Waals surface area contributed by atoms with E-state index in [4.69, 9.17) is 0 Å². The predicted molar refractivity (Wildman–Crippen MR) is 84.9 cm³/mol. The number of benzene rings is 1. The van der Waals surface area contributed by atoms with E-state index in [1.165, 1.54) is 25.3 Å². The van der Waals surface area contributed by atoms with Crippen LogP contribution in [0.4, 0.5) is 8.78 Å². The van der Waals surface area contributed by atoms with Crippen molar-refractivity contribution in [2.45, 2.75) is 45.1 Å². The zero-order valence-electron chi connectivity index (χ0n) is 13.4. The molecule has 1 heterocycles. The summed E-state index contributed by atoms with van der Waals surface area (Å²) in [5, 5.41) is 3.34. The van der Waals surface area contributed by atoms with Crippen LogP contribution in [0.1, 0.15) is 49.3 Å². The molecule has 0 aromatic heterocycles. The highest BCUT2D eigenvalue weighted by Crippen LogP contribution is 2.40. The van der Waals surface area contributed by atoms with Crippen molar-refractivity contribution < 1.29 is 8.78 Å². The van der Waals surface area contributed by atoms with Gasteiger partial charge in [0.15, 0.2) is 0 Å². The standard InChI is InChI=1S/C18H26F2N2/c1-13-7-8-15(19)16(17(13)20)18(14-5-3-2-4-6-14)22-11-9-21-10-12-22/h7-8,14,18,21H,2-6,9-12H2,1H3/t18-/m1/s1. The topological polar surface area (TPSA) is 15.3 Å². The first kappa shape index (κ1) is 15.9. The summed E-state index contributed by atoms with van der Waals surface area (Å²) in [6.45, 7) is 5.27. The Morgan fingerprint density at radius 3 is 2.45 bits per heavy atom. The summed E-state index contributed by atoms with van der Waals surface area (Å²) >= 11 is 0. The van der Waals surface area contributed by atoms with Gasteiger partial charge in [-0.15, -0.1) is 0 Å². The highest BCUT2D eigenvalue weighted by Gasteiger charge is 2.34. The molecule has 1 saturated carbocycles. The lowest BCUT2D eigenvalue weighted by Gasteiger charge is -2.41. The Hall–Kier alpha value is -1.00. The van der Waals surface area contributed by atoms with Crippen LogP contribution >= 0.6 is 0 Å². The third kappa shape index (κ3) is 3.18. The van der Waals surface area contributed by atoms with Crippen molar-refractivity contribution in [2.75, 3.05) is 26.2 Å². The Morgan fingerprint density at radius 1 is 1.09 bits per heavy atom. The van der Waals surface area contributed by atoms with Gasteiger partial charge in [0.25, 0.3) is 0 Å². The second-order valence-electron chi connectivity index (χ2n) is 6.72. The Bertz CT molecular complexity index is 488. The molecule has 2 nitrogen and oxygen atoms in total. The van der Waals surface area contributed by atoms with Crippen molar-refractivity contribution in [3.05, 3.63) is 34.9 Å². The average molecular weight is 308 g/mol. The van der Waals surface area contributed by atoms with Gasteiger partial charge >= 0.3 is 0 Å². The van der Waals surface area contributed by atoms with Crippen LogP contribution < -0.4 is 5.32 Å². The van der Waals surface area contributed by atoms with Crippen LogP contribution in [0.2, 0.25) is 0 Å². The van der Waals surface area contributed by atoms with E-state index in [-0.39, 0.29) is 17.7 Å². The number of nitrogens with zero attached hydrogens (tertiary/aromatic N) is 1. The Labute approximate surface area is 131 Å². The van der Waals surface area contributed by atoms with Gasteiger partial charge in [0.2, 0.25) is 0 Å². The quantitative estimate of drug-likeness (QED) is 0.913. The number of hydrogen-bond donors (Lipinski definition) is 1. The molecular weight excluding hydrogens is 282 g/mol. The summed E-state index contributed by atoms with van der Waals surface area (Å²) in [5.41, 5.74) is 0.862. The SMILES string of the molecule is Cc1ccc(F)c([C@@H](C2CCCCC2)N2CCNCC2)c1F. The zero-order chi connectivity index (χ0) is 15.5. The summed E-state index contributed by atoms with van der Waals surface area (Å²) < 4.78 is 29.2. The molecule has 1 aromatic rings. The lowest BCUT2D eigenvalue weighted by Crippen LogP contribution is -2.47. The van der Waals surface area contributed by atoms with Gasteiger partial charge in [-0.3, -0.25) is 4.90 Å². The molecule has 0 radical (unpaired) electrons. The molecule has 1 aromatic carbocycles. The second kappa shape index (κ2) is 7.05. The van der Waals surface area contributed by atoms with Crippen LogP contribution in [0.5, 0.6) is 0 Å². The van der Waals surface area contributed by atoms with Crippen LogP contribution in [0.25, 0.3) is 0 Å². The third-order valence-corrected chi connectivity index (χ3v) is 5.26. The number of halogens is 2. The van der Waals surface area contributed by atoms with Gasteiger partial charge in [-0.25, -0.2) is 8.78 Å². The number of nitrogens with one attached hydrogen (secondary N) is 1. The lowest BCUT2D eigenvalue weighted by molar-refractivity contribution is 0.0975. The maximum Gasteiger partial charge on any atom is 0.133 e. The monoisotopic (exact) mass is 308 g/mol. The van der Waals surface area contributed by atoms with Crippen LogP contribution in [0.3, 0.4) is 0 Å². The molecule has 1 N–H and O–H groups in total. The average Bonchev–Trinajstić information content (AvgIpc) is 2.57. The Kier molecular flexibility index (Phi) is 5.09. The van der Waals surface area contributed by atoms with Crippen LogP contribution in [-0.4, -0.2) is 31.1 Å². The molecule has 22 heavy (non-hydrogen) atoms. The minimum absolute atomic E-state index is 0.109. The molecule has 1 saturated heterocycles. The molecule has 0 bridgehead atoms. The maximum atomic E-state index is 14.7. The number of piperazine rings is 1. The minimum atomic E-state index is -0.378. The summed E-state index contributed by atoms with van der Waals surface area (Å²) in [6, 6.07) is 2.87. The molecule has 4 heteroatoms. The van der Waals surface area contributed by atoms with Gasteiger partial charge in [0.1, 0.15) is 11.6 Å². The summed E-state index contributed by atoms with van der Waals surface area (Å²) in [6.07, 6.45) is 5.79. The van der Waals surface area contributed by atoms with Crippen molar-refractivity contribution in [3.8, 4) is 0 Å². The van der Waals surface area contributed by atoms with Crippen molar-refractivity contribution in [1.29, 1.82) is 0 Å². The van der Waals surface area contributed by atoms with Gasteiger partial charge < -0.3 is 5.32 Å². The molecule has 2 aliphatic rings. The van der Waals surface area contributed by atoms with Gasteiger partial charge in [-0.1, -0.05) is 25.3 Å². The van der Waals surface area contributed by atoms with E-state index in [2.05, 4.69) is 10.2 Å². The zero-order valence-corrected chi connectivity index (χ0v) is 13.4. The Morgan fingerprint density at radius 2 is 1.77 bits per heavy atom. The minimum Gasteiger partial charge on any atom is -0.314 e. The molecule has 0 amide bonds. The first-order valence-electron chi connectivity index (χ1n) is 8.57. The van der Waals surface area contributed by atoms with Crippen molar-refractivity contribution >= 4 is 0 Å². The number of rotatable bonds is 3. The lowest BCUT2D eigenvalue weighted by atomic mass is 9.79. The molecule has 1 aliphatic heterocycles. The largest absolute Gasteiger partial charge is 0.314 e. The summed E-state index contributed by atoms with van der Waals surface area (Å²) in [5.74, 6) is -0.344. The van der Waals surface area contributed by atoms with Crippen LogP contribution in [-0.2, 0) is 0 Å². The molecule has 3 rings (SSSR count). The van der Waals surface area contributed by atoms with E-state index in [0.29, 0.717) is 17.0 Å². The fourth-order valence-electron chi connectivity index (χ4n) is 4.08. The molecule has 0 unspecified atom stereocenters. The highest BCUT2D eigenvalue weighted by molar-refractivity contribution is 5.30. The van der Waals surface area contributed by atoms with Crippen LogP contribution in [0.15, 0.2) is 12.1 Å². The van der Waals surface area contributed by atoms with Crippen molar-refractivity contribution in [1.82, 2.24) is 10.2 Å². The normalized spacial score (nSPS) is 22.7. The first-order chi connectivity index (χ1) is 10.7. The van der Waals surface area contributed by atoms with E-state index in [1.54, 1.807) is 13.0 Å². The third-order valence-electron chi connectivity index (χ3n) is 5.26. The smallest absolute Gasteiger partial charge is 0.133 e. The molecule has 1 atom stereocenters. The van der Waals surface area contributed by atoms with Gasteiger partial charge in [0, 0.05) is 37.8 Å². The molecule has 122 valence electrons. The first-order valence-corrected chi connectivity index (χ1v) is 8.57. The van der Waals surface area contributed by atoms with E-state index in [0.717, 1.165) is 39.0 Å². The van der Waals surface area contributed by atoms with Gasteiger partial charge in [-0.2, -0.15) is 0 Å². The second-order valence-corrected chi connectivity index (χ2v) is 6.72. The van der Waals surface area contributed by atoms with Crippen molar-refractivity contribution in [3.63, 3.8) is 0 Å². The predicted octanol–water partition coefficient (Wildman–Crippen LogP) is 3.80. The Balaban J connectivity index is 1.98. The van der Waals surface area contributed by atoms with Crippen molar-refractivity contribution in [2.24, 2.45) is 5.92 Å². The van der Waals surface area contributed by atoms with Gasteiger partial charge in [0.05, 0.1) is 0 Å². The van der Waals surface area contributed by atoms with E-state index >= 15 is 0 Å². The van der Waals surface area contributed by atoms with E-state index in [9.17, 15) is 8.78 Å². The van der Waals surface area contributed by atoms with Gasteiger partial charge in [-0.05, 0) is 37.3 Å². The fraction of sp³-hybridized carbons (Fsp3) is 0.667. The van der Waals surface area contributed by atoms with E-state index < -0.39 is 0 Å². The molecule has 0 spiro atoms. The summed E-state index contributed by atoms with van der Waals surface area (Å²) in [4.78, 5) is 2.30. The van der Waals surface area contributed by atoms with E-state index in [1.807, 2.05) is 0 Å². The summed E-state index contributed by atoms with van der Waals surface area (Å²) in [7, 11) is 0.